The van der Waals surface area contributed by atoms with Crippen LogP contribution in [0.2, 0.25) is 15.1 Å². The van der Waals surface area contributed by atoms with Gasteiger partial charge in [0.05, 0.1) is 16.7 Å². The zero-order chi connectivity index (χ0) is 15.8. The second-order valence-electron chi connectivity index (χ2n) is 4.16. The average Bonchev–Trinajstić information content (AvgIpc) is 2.44. The Balaban J connectivity index is 2.41. The van der Waals surface area contributed by atoms with E-state index in [1.54, 1.807) is 6.92 Å². The second-order valence-corrected chi connectivity index (χ2v) is 5.35. The van der Waals surface area contributed by atoms with E-state index in [0.29, 0.717) is 19.4 Å². The van der Waals surface area contributed by atoms with Gasteiger partial charge >= 0.3 is 11.9 Å². The highest BCUT2D eigenvalue weighted by Gasteiger charge is 2.15. The van der Waals surface area contributed by atoms with Gasteiger partial charge in [-0.25, -0.2) is 0 Å². The quantitative estimate of drug-likeness (QED) is 0.309. The van der Waals surface area contributed by atoms with Crippen LogP contribution in [-0.2, 0) is 14.3 Å². The van der Waals surface area contributed by atoms with E-state index in [1.165, 1.54) is 12.1 Å². The number of rotatable bonds is 7. The number of benzene rings is 1. The lowest BCUT2D eigenvalue weighted by molar-refractivity contribution is -0.143. The molecule has 21 heavy (non-hydrogen) atoms. The second kappa shape index (κ2) is 9.13. The van der Waals surface area contributed by atoms with Crippen LogP contribution in [0.25, 0.3) is 0 Å². The van der Waals surface area contributed by atoms with Crippen LogP contribution in [-0.4, -0.2) is 18.5 Å². The van der Waals surface area contributed by atoms with Gasteiger partial charge in [-0.15, -0.1) is 0 Å². The topological polar surface area (TPSA) is 52.6 Å². The Bertz CT molecular complexity index is 517. The predicted octanol–water partition coefficient (Wildman–Crippen LogP) is 4.68. The van der Waals surface area contributed by atoms with Gasteiger partial charge in [0.15, 0.2) is 5.75 Å². The van der Waals surface area contributed by atoms with Gasteiger partial charge in [0.2, 0.25) is 0 Å². The Hall–Kier alpha value is -0.970. The van der Waals surface area contributed by atoms with E-state index in [2.05, 4.69) is 0 Å². The molecule has 0 aromatic heterocycles. The number of esters is 2. The van der Waals surface area contributed by atoms with Gasteiger partial charge in [-0.1, -0.05) is 34.8 Å². The molecule has 0 saturated carbocycles. The van der Waals surface area contributed by atoms with Gasteiger partial charge in [-0.2, -0.15) is 0 Å². The van der Waals surface area contributed by atoms with Crippen molar-refractivity contribution in [2.75, 3.05) is 6.61 Å². The molecule has 0 N–H and O–H groups in total. The molecular weight excluding hydrogens is 339 g/mol. The minimum atomic E-state index is -0.482. The van der Waals surface area contributed by atoms with Crippen molar-refractivity contribution in [3.8, 4) is 5.75 Å². The minimum Gasteiger partial charge on any atom is -0.466 e. The molecule has 0 unspecified atom stereocenters. The van der Waals surface area contributed by atoms with E-state index < -0.39 is 5.97 Å². The largest absolute Gasteiger partial charge is 0.466 e. The Morgan fingerprint density at radius 1 is 1.00 bits per heavy atom. The molecule has 0 fully saturated rings. The SMILES string of the molecule is CCOC(=O)CCCCC(=O)Oc1c(Cl)ccc(Cl)c1Cl. The van der Waals surface area contributed by atoms with E-state index >= 15 is 0 Å². The zero-order valence-corrected chi connectivity index (χ0v) is 13.7. The molecule has 0 radical (unpaired) electrons. The summed E-state index contributed by atoms with van der Waals surface area (Å²) in [6.45, 7) is 2.10. The van der Waals surface area contributed by atoms with Crippen LogP contribution in [0.15, 0.2) is 12.1 Å². The summed E-state index contributed by atoms with van der Waals surface area (Å²) in [6, 6.07) is 3.02. The van der Waals surface area contributed by atoms with E-state index in [0.717, 1.165) is 0 Å². The van der Waals surface area contributed by atoms with Gasteiger partial charge in [-0.3, -0.25) is 9.59 Å². The number of unbranched alkanes of at least 4 members (excludes halogenated alkanes) is 1. The molecular formula is C14H15Cl3O4. The molecule has 0 atom stereocenters. The highest BCUT2D eigenvalue weighted by molar-refractivity contribution is 6.44. The number of hydrogen-bond donors (Lipinski definition) is 0. The highest BCUT2D eigenvalue weighted by atomic mass is 35.5. The molecule has 4 nitrogen and oxygen atoms in total. The maximum absolute atomic E-state index is 11.7. The average molecular weight is 354 g/mol. The van der Waals surface area contributed by atoms with Crippen LogP contribution in [0.4, 0.5) is 0 Å². The molecule has 1 aromatic carbocycles. The fourth-order valence-electron chi connectivity index (χ4n) is 1.54. The van der Waals surface area contributed by atoms with Crippen molar-refractivity contribution in [1.29, 1.82) is 0 Å². The smallest absolute Gasteiger partial charge is 0.311 e. The van der Waals surface area contributed by atoms with Crippen molar-refractivity contribution >= 4 is 46.7 Å². The Morgan fingerprint density at radius 2 is 1.57 bits per heavy atom. The van der Waals surface area contributed by atoms with Crippen molar-refractivity contribution in [2.24, 2.45) is 0 Å². The number of halogens is 3. The molecule has 1 rings (SSSR count). The summed E-state index contributed by atoms with van der Waals surface area (Å²) in [5.41, 5.74) is 0. The standard InChI is InChI=1S/C14H15Cl3O4/c1-2-20-11(18)5-3-4-6-12(19)21-14-10(16)8-7-9(15)13(14)17/h7-8H,2-6H2,1H3. The first-order valence-electron chi connectivity index (χ1n) is 6.45. The van der Waals surface area contributed by atoms with Crippen LogP contribution in [0, 0.1) is 0 Å². The highest BCUT2D eigenvalue weighted by Crippen LogP contribution is 2.38. The number of ether oxygens (including phenoxy) is 2. The van der Waals surface area contributed by atoms with Crippen molar-refractivity contribution in [3.05, 3.63) is 27.2 Å². The summed E-state index contributed by atoms with van der Waals surface area (Å²) in [4.78, 5) is 22.8. The summed E-state index contributed by atoms with van der Waals surface area (Å²) in [5, 5.41) is 0.569. The molecule has 0 bridgehead atoms. The minimum absolute atomic E-state index is 0.0567. The first-order chi connectivity index (χ1) is 9.95. The van der Waals surface area contributed by atoms with E-state index in [-0.39, 0.29) is 39.6 Å². The maximum Gasteiger partial charge on any atom is 0.311 e. The molecule has 7 heteroatoms. The Morgan fingerprint density at radius 3 is 2.19 bits per heavy atom. The fraction of sp³-hybridized carbons (Fsp3) is 0.429. The van der Waals surface area contributed by atoms with Crippen molar-refractivity contribution < 1.29 is 19.1 Å². The monoisotopic (exact) mass is 352 g/mol. The number of carbonyl (C=O) groups excluding carboxylic acids is 2. The molecule has 0 aliphatic heterocycles. The van der Waals surface area contributed by atoms with Crippen LogP contribution in [0.5, 0.6) is 5.75 Å². The van der Waals surface area contributed by atoms with E-state index in [9.17, 15) is 9.59 Å². The van der Waals surface area contributed by atoms with Gasteiger partial charge in [0.25, 0.3) is 0 Å². The van der Waals surface area contributed by atoms with Crippen LogP contribution >= 0.6 is 34.8 Å². The lowest BCUT2D eigenvalue weighted by atomic mass is 10.2. The van der Waals surface area contributed by atoms with Crippen molar-refractivity contribution in [1.82, 2.24) is 0 Å². The Kier molecular flexibility index (Phi) is 7.86. The normalized spacial score (nSPS) is 10.3. The number of carbonyl (C=O) groups is 2. The third-order valence-corrected chi connectivity index (χ3v) is 3.62. The van der Waals surface area contributed by atoms with Gasteiger partial charge in [0.1, 0.15) is 5.02 Å². The van der Waals surface area contributed by atoms with Gasteiger partial charge in [0, 0.05) is 12.8 Å². The van der Waals surface area contributed by atoms with Crippen molar-refractivity contribution in [3.63, 3.8) is 0 Å². The summed E-state index contributed by atoms with van der Waals surface area (Å²) in [7, 11) is 0. The van der Waals surface area contributed by atoms with Crippen molar-refractivity contribution in [2.45, 2.75) is 32.6 Å². The summed E-state index contributed by atoms with van der Waals surface area (Å²) in [5.74, 6) is -0.696. The maximum atomic E-state index is 11.7. The molecule has 1 aromatic rings. The zero-order valence-electron chi connectivity index (χ0n) is 11.5. The molecule has 0 spiro atoms. The lowest BCUT2D eigenvalue weighted by Crippen LogP contribution is -2.09. The van der Waals surface area contributed by atoms with E-state index in [1.807, 2.05) is 0 Å². The first kappa shape index (κ1) is 18.1. The van der Waals surface area contributed by atoms with Crippen LogP contribution in [0.3, 0.4) is 0 Å². The molecule has 0 heterocycles. The molecule has 0 saturated heterocycles. The molecule has 0 aliphatic carbocycles. The lowest BCUT2D eigenvalue weighted by Gasteiger charge is -2.09. The number of hydrogen-bond acceptors (Lipinski definition) is 4. The third-order valence-electron chi connectivity index (χ3n) is 2.53. The first-order valence-corrected chi connectivity index (χ1v) is 7.59. The van der Waals surface area contributed by atoms with Gasteiger partial charge in [-0.05, 0) is 31.9 Å². The summed E-state index contributed by atoms with van der Waals surface area (Å²) in [6.07, 6.45) is 1.48. The molecule has 0 amide bonds. The van der Waals surface area contributed by atoms with Crippen LogP contribution in [0.1, 0.15) is 32.6 Å². The Labute approximate surface area is 138 Å². The fourth-order valence-corrected chi connectivity index (χ4v) is 2.14. The summed E-state index contributed by atoms with van der Waals surface area (Å²) >= 11 is 17.7. The summed E-state index contributed by atoms with van der Waals surface area (Å²) < 4.78 is 9.89. The molecule has 0 aliphatic rings. The third kappa shape index (κ3) is 6.12. The van der Waals surface area contributed by atoms with Gasteiger partial charge < -0.3 is 9.47 Å². The van der Waals surface area contributed by atoms with E-state index in [4.69, 9.17) is 44.3 Å². The predicted molar refractivity (Wildman–Crippen MR) is 82.2 cm³/mol. The van der Waals surface area contributed by atoms with Crippen LogP contribution < -0.4 is 4.74 Å². The molecule has 116 valence electrons.